The normalized spacial score (nSPS) is 15.9. The number of rotatable bonds is 2. The van der Waals surface area contributed by atoms with Crippen LogP contribution in [-0.2, 0) is 4.74 Å². The maximum absolute atomic E-state index is 12.5. The predicted octanol–water partition coefficient (Wildman–Crippen LogP) is 3.28. The Hall–Kier alpha value is -1.65. The van der Waals surface area contributed by atoms with E-state index < -0.39 is 0 Å². The number of ether oxygens (including phenoxy) is 1. The molecule has 0 spiro atoms. The summed E-state index contributed by atoms with van der Waals surface area (Å²) in [6.45, 7) is 2.87. The van der Waals surface area contributed by atoms with Gasteiger partial charge in [-0.05, 0) is 18.1 Å². The summed E-state index contributed by atoms with van der Waals surface area (Å²) in [4.78, 5) is 15.5. The summed E-state index contributed by atoms with van der Waals surface area (Å²) >= 11 is 1.62. The molecule has 1 saturated heterocycles. The fourth-order valence-corrected chi connectivity index (χ4v) is 3.22. The van der Waals surface area contributed by atoms with Gasteiger partial charge >= 0.3 is 0 Å². The minimum atomic E-state index is 0.119. The molecule has 1 aromatic carbocycles. The number of hydrogen-bond donors (Lipinski definition) is 0. The standard InChI is InChI=1S/C16H17NO2S/c18-16(17-7-4-9-19-10-8-17)14-11-15(20-12-14)13-5-2-1-3-6-13/h1-3,5-6,11-12H,4,7-10H2. The first-order chi connectivity index (χ1) is 9.84. The van der Waals surface area contributed by atoms with Crippen molar-refractivity contribution in [2.45, 2.75) is 6.42 Å². The van der Waals surface area contributed by atoms with Crippen LogP contribution in [0, 0.1) is 0 Å². The molecule has 4 heteroatoms. The Bertz CT molecular complexity index is 571. The van der Waals surface area contributed by atoms with Gasteiger partial charge in [0.2, 0.25) is 0 Å². The zero-order valence-electron chi connectivity index (χ0n) is 11.2. The average Bonchev–Trinajstić information content (AvgIpc) is 2.83. The number of thiophene rings is 1. The quantitative estimate of drug-likeness (QED) is 0.848. The van der Waals surface area contributed by atoms with Crippen LogP contribution in [0.5, 0.6) is 0 Å². The van der Waals surface area contributed by atoms with Gasteiger partial charge in [0, 0.05) is 30.0 Å². The maximum Gasteiger partial charge on any atom is 0.254 e. The van der Waals surface area contributed by atoms with Crippen LogP contribution < -0.4 is 0 Å². The Morgan fingerprint density at radius 2 is 2.00 bits per heavy atom. The van der Waals surface area contributed by atoms with Crippen molar-refractivity contribution in [3.05, 3.63) is 47.3 Å². The molecule has 0 unspecified atom stereocenters. The van der Waals surface area contributed by atoms with Gasteiger partial charge in [0.05, 0.1) is 12.2 Å². The van der Waals surface area contributed by atoms with Gasteiger partial charge in [0.1, 0.15) is 0 Å². The zero-order chi connectivity index (χ0) is 13.8. The van der Waals surface area contributed by atoms with Crippen LogP contribution in [0.4, 0.5) is 0 Å². The van der Waals surface area contributed by atoms with Gasteiger partial charge in [-0.25, -0.2) is 0 Å². The largest absolute Gasteiger partial charge is 0.380 e. The van der Waals surface area contributed by atoms with Crippen LogP contribution in [0.2, 0.25) is 0 Å². The summed E-state index contributed by atoms with van der Waals surface area (Å²) in [5.41, 5.74) is 1.95. The topological polar surface area (TPSA) is 29.5 Å². The molecule has 0 N–H and O–H groups in total. The van der Waals surface area contributed by atoms with E-state index in [1.807, 2.05) is 34.5 Å². The van der Waals surface area contributed by atoms with Crippen molar-refractivity contribution in [2.24, 2.45) is 0 Å². The highest BCUT2D eigenvalue weighted by Gasteiger charge is 2.18. The Kier molecular flexibility index (Phi) is 4.14. The fraction of sp³-hybridized carbons (Fsp3) is 0.312. The van der Waals surface area contributed by atoms with Crippen molar-refractivity contribution in [3.63, 3.8) is 0 Å². The van der Waals surface area contributed by atoms with Gasteiger partial charge in [-0.1, -0.05) is 30.3 Å². The Morgan fingerprint density at radius 1 is 1.15 bits per heavy atom. The number of carbonyl (C=O) groups is 1. The fourth-order valence-electron chi connectivity index (χ4n) is 2.33. The lowest BCUT2D eigenvalue weighted by Gasteiger charge is -2.18. The van der Waals surface area contributed by atoms with Crippen molar-refractivity contribution >= 4 is 17.2 Å². The zero-order valence-corrected chi connectivity index (χ0v) is 12.1. The van der Waals surface area contributed by atoms with E-state index >= 15 is 0 Å². The Balaban J connectivity index is 1.77. The Labute approximate surface area is 122 Å². The third-order valence-corrected chi connectivity index (χ3v) is 4.39. The highest BCUT2D eigenvalue weighted by molar-refractivity contribution is 7.13. The lowest BCUT2D eigenvalue weighted by molar-refractivity contribution is 0.0742. The Morgan fingerprint density at radius 3 is 2.85 bits per heavy atom. The first-order valence-electron chi connectivity index (χ1n) is 6.85. The van der Waals surface area contributed by atoms with E-state index in [0.29, 0.717) is 13.2 Å². The molecule has 2 aromatic rings. The minimum Gasteiger partial charge on any atom is -0.380 e. The third kappa shape index (κ3) is 2.92. The molecule has 3 nitrogen and oxygen atoms in total. The van der Waals surface area contributed by atoms with Crippen molar-refractivity contribution in [2.75, 3.05) is 26.3 Å². The van der Waals surface area contributed by atoms with Crippen molar-refractivity contribution < 1.29 is 9.53 Å². The van der Waals surface area contributed by atoms with Crippen LogP contribution in [0.25, 0.3) is 10.4 Å². The molecule has 1 aliphatic heterocycles. The smallest absolute Gasteiger partial charge is 0.254 e. The molecule has 1 aromatic heterocycles. The minimum absolute atomic E-state index is 0.119. The van der Waals surface area contributed by atoms with E-state index in [0.717, 1.165) is 35.6 Å². The van der Waals surface area contributed by atoms with Gasteiger partial charge in [-0.2, -0.15) is 0 Å². The second-order valence-corrected chi connectivity index (χ2v) is 5.74. The molecular weight excluding hydrogens is 270 g/mol. The van der Waals surface area contributed by atoms with Crippen LogP contribution in [0.1, 0.15) is 16.8 Å². The van der Waals surface area contributed by atoms with Gasteiger partial charge in [-0.15, -0.1) is 11.3 Å². The molecule has 1 fully saturated rings. The number of amides is 1. The first kappa shape index (κ1) is 13.3. The summed E-state index contributed by atoms with van der Waals surface area (Å²) in [7, 11) is 0. The van der Waals surface area contributed by atoms with Gasteiger partial charge in [0.25, 0.3) is 5.91 Å². The average molecular weight is 287 g/mol. The number of benzene rings is 1. The van der Waals surface area contributed by atoms with E-state index in [2.05, 4.69) is 12.1 Å². The van der Waals surface area contributed by atoms with Crippen LogP contribution >= 0.6 is 11.3 Å². The number of hydrogen-bond acceptors (Lipinski definition) is 3. The molecule has 3 rings (SSSR count). The van der Waals surface area contributed by atoms with Crippen molar-refractivity contribution in [1.29, 1.82) is 0 Å². The van der Waals surface area contributed by atoms with E-state index in [1.54, 1.807) is 11.3 Å². The second kappa shape index (κ2) is 6.20. The molecule has 0 atom stereocenters. The molecule has 0 saturated carbocycles. The summed E-state index contributed by atoms with van der Waals surface area (Å²) in [6, 6.07) is 12.2. The molecule has 1 aliphatic rings. The maximum atomic E-state index is 12.5. The third-order valence-electron chi connectivity index (χ3n) is 3.41. The number of nitrogens with zero attached hydrogens (tertiary/aromatic N) is 1. The summed E-state index contributed by atoms with van der Waals surface area (Å²) in [5.74, 6) is 0.119. The van der Waals surface area contributed by atoms with E-state index in [9.17, 15) is 4.79 Å². The molecule has 1 amide bonds. The SMILES string of the molecule is O=C(c1csc(-c2ccccc2)c1)N1CCCOCC1. The highest BCUT2D eigenvalue weighted by Crippen LogP contribution is 2.27. The van der Waals surface area contributed by atoms with E-state index in [4.69, 9.17) is 4.74 Å². The predicted molar refractivity (Wildman–Crippen MR) is 81.1 cm³/mol. The monoisotopic (exact) mass is 287 g/mol. The van der Waals surface area contributed by atoms with E-state index in [1.165, 1.54) is 0 Å². The van der Waals surface area contributed by atoms with Crippen LogP contribution in [0.3, 0.4) is 0 Å². The van der Waals surface area contributed by atoms with Gasteiger partial charge in [-0.3, -0.25) is 4.79 Å². The lowest BCUT2D eigenvalue weighted by Crippen LogP contribution is -2.32. The molecule has 0 aliphatic carbocycles. The molecule has 104 valence electrons. The molecule has 2 heterocycles. The summed E-state index contributed by atoms with van der Waals surface area (Å²) < 4.78 is 5.39. The van der Waals surface area contributed by atoms with E-state index in [-0.39, 0.29) is 5.91 Å². The second-order valence-electron chi connectivity index (χ2n) is 4.82. The summed E-state index contributed by atoms with van der Waals surface area (Å²) in [6.07, 6.45) is 0.918. The number of carbonyl (C=O) groups excluding carboxylic acids is 1. The van der Waals surface area contributed by atoms with Crippen LogP contribution in [0.15, 0.2) is 41.8 Å². The van der Waals surface area contributed by atoms with Gasteiger partial charge in [0.15, 0.2) is 0 Å². The van der Waals surface area contributed by atoms with Crippen LogP contribution in [-0.4, -0.2) is 37.1 Å². The molecule has 20 heavy (non-hydrogen) atoms. The van der Waals surface area contributed by atoms with Gasteiger partial charge < -0.3 is 9.64 Å². The molecule has 0 bridgehead atoms. The van der Waals surface area contributed by atoms with Crippen molar-refractivity contribution in [1.82, 2.24) is 4.90 Å². The highest BCUT2D eigenvalue weighted by atomic mass is 32.1. The molecule has 0 radical (unpaired) electrons. The molecular formula is C16H17NO2S. The van der Waals surface area contributed by atoms with Crippen molar-refractivity contribution in [3.8, 4) is 10.4 Å². The summed E-state index contributed by atoms with van der Waals surface area (Å²) in [5, 5.41) is 1.95. The first-order valence-corrected chi connectivity index (χ1v) is 7.73. The lowest BCUT2D eigenvalue weighted by atomic mass is 10.1.